The number of phosphoric ester groups is 1. The SMILES string of the molecule is CCCCCC/C=C\C/C=C\CCCCCCCC(=O)OC[C@H](COP(=O)(O)OC1C(O[C@@H]2OC(CO)[C@H](O)C(O)[C@@H]2O)C(O)C(O)C(O)[C@H]1O[C@H]1OC(CO)[C@@H](O)C(O)[C@H]1O)OC(=O)CCCCCCC/C=C\CCCCCC. The zero-order valence-electron chi connectivity index (χ0n) is 47.1. The number of hydrogen-bond acceptors (Lipinski definition) is 22. The van der Waals surface area contributed by atoms with E-state index < -0.39 is 150 Å². The second kappa shape index (κ2) is 40.8. The third kappa shape index (κ3) is 26.3. The Bertz CT molecular complexity index is 1740. The molecule has 0 aromatic carbocycles. The maximum atomic E-state index is 14.0. The first-order chi connectivity index (χ1) is 38.4. The molecule has 18 atom stereocenters. The molecule has 23 nitrogen and oxygen atoms in total. The minimum absolute atomic E-state index is 0.0341. The summed E-state index contributed by atoms with van der Waals surface area (Å²) in [5.41, 5.74) is 0. The molecule has 80 heavy (non-hydrogen) atoms. The van der Waals surface area contributed by atoms with Gasteiger partial charge in [-0.1, -0.05) is 127 Å². The van der Waals surface area contributed by atoms with Crippen LogP contribution in [-0.2, 0) is 51.6 Å². The van der Waals surface area contributed by atoms with Gasteiger partial charge in [0.2, 0.25) is 0 Å². The lowest BCUT2D eigenvalue weighted by molar-refractivity contribution is -0.360. The Balaban J connectivity index is 1.71. The molecule has 2 heterocycles. The largest absolute Gasteiger partial charge is 0.472 e. The molecule has 0 amide bonds. The predicted octanol–water partition coefficient (Wildman–Crippen LogP) is 3.87. The average Bonchev–Trinajstić information content (AvgIpc) is 3.44. The topological polar surface area (TPSA) is 368 Å². The van der Waals surface area contributed by atoms with Crippen LogP contribution in [0.1, 0.15) is 174 Å². The summed E-state index contributed by atoms with van der Waals surface area (Å²) in [6.07, 6.45) is 1.29. The van der Waals surface area contributed by atoms with E-state index >= 15 is 0 Å². The number of allylic oxidation sites excluding steroid dienone is 6. The number of aliphatic hydroxyl groups is 11. The summed E-state index contributed by atoms with van der Waals surface area (Å²) in [5, 5.41) is 117. The number of unbranched alkanes of at least 4 members (excludes halogenated alkanes) is 18. The Hall–Kier alpha value is -2.33. The van der Waals surface area contributed by atoms with Gasteiger partial charge in [0.25, 0.3) is 0 Å². The Morgan fingerprint density at radius 3 is 1.30 bits per heavy atom. The summed E-state index contributed by atoms with van der Waals surface area (Å²) in [7, 11) is -5.64. The second-order valence-corrected chi connectivity index (χ2v) is 22.6. The zero-order chi connectivity index (χ0) is 58.9. The lowest BCUT2D eigenvalue weighted by Crippen LogP contribution is -2.69. The molecule has 3 rings (SSSR count). The fourth-order valence-corrected chi connectivity index (χ4v) is 10.5. The van der Waals surface area contributed by atoms with Gasteiger partial charge in [0.15, 0.2) is 18.7 Å². The number of carbonyl (C=O) groups excluding carboxylic acids is 2. The number of ether oxygens (including phenoxy) is 6. The molecular formula is C56H99O23P. The van der Waals surface area contributed by atoms with Crippen molar-refractivity contribution in [3.63, 3.8) is 0 Å². The van der Waals surface area contributed by atoms with E-state index in [1.54, 1.807) is 0 Å². The van der Waals surface area contributed by atoms with Gasteiger partial charge in [-0.25, -0.2) is 4.57 Å². The van der Waals surface area contributed by atoms with Crippen molar-refractivity contribution in [2.45, 2.75) is 279 Å². The molecule has 2 aliphatic heterocycles. The van der Waals surface area contributed by atoms with E-state index in [-0.39, 0.29) is 12.8 Å². The predicted molar refractivity (Wildman–Crippen MR) is 291 cm³/mol. The van der Waals surface area contributed by atoms with E-state index in [1.807, 2.05) is 0 Å². The Morgan fingerprint density at radius 1 is 0.475 bits per heavy atom. The van der Waals surface area contributed by atoms with Crippen molar-refractivity contribution in [1.29, 1.82) is 0 Å². The molecule has 0 bridgehead atoms. The molecule has 10 unspecified atom stereocenters. The molecule has 0 aromatic heterocycles. The van der Waals surface area contributed by atoms with Gasteiger partial charge >= 0.3 is 19.8 Å². The Morgan fingerprint density at radius 2 is 0.863 bits per heavy atom. The molecule has 466 valence electrons. The maximum Gasteiger partial charge on any atom is 0.472 e. The number of phosphoric acid groups is 1. The van der Waals surface area contributed by atoms with E-state index in [2.05, 4.69) is 50.3 Å². The number of esters is 2. The molecular weight excluding hydrogens is 1070 g/mol. The van der Waals surface area contributed by atoms with Crippen LogP contribution in [0.25, 0.3) is 0 Å². The summed E-state index contributed by atoms with van der Waals surface area (Å²) in [4.78, 5) is 37.5. The van der Waals surface area contributed by atoms with Crippen LogP contribution in [0.5, 0.6) is 0 Å². The normalized spacial score (nSPS) is 31.5. The first kappa shape index (κ1) is 71.9. The van der Waals surface area contributed by atoms with Gasteiger partial charge in [0, 0.05) is 12.8 Å². The summed E-state index contributed by atoms with van der Waals surface area (Å²) >= 11 is 0. The molecule has 3 aliphatic rings. The third-order valence-electron chi connectivity index (χ3n) is 14.4. The van der Waals surface area contributed by atoms with Crippen LogP contribution < -0.4 is 0 Å². The van der Waals surface area contributed by atoms with Crippen molar-refractivity contribution in [3.8, 4) is 0 Å². The molecule has 24 heteroatoms. The van der Waals surface area contributed by atoms with Gasteiger partial charge in [-0.3, -0.25) is 18.6 Å². The summed E-state index contributed by atoms with van der Waals surface area (Å²) in [5.74, 6) is -1.36. The van der Waals surface area contributed by atoms with Crippen molar-refractivity contribution in [1.82, 2.24) is 0 Å². The standard InChI is InChI=1S/C56H99O23P/c1-3-5-7-9-11-13-15-17-18-19-21-22-24-26-28-30-32-41(59)72-36-38(74-42(60)33-31-29-27-25-23-20-16-14-12-10-8-6-4-2)37-73-80(70,71)79-54-52(77-55-50(68)45(63)43(61)39(34-57)75-55)48(66)47(65)49(67)53(54)78-56-51(69)46(64)44(62)40(35-58)76-56/h13-16,18-19,38-40,43-58,61-69H,3-12,17,20-37H2,1-2H3,(H,70,71)/b15-13-,16-14-,19-18-/t38-,39?,40?,43-,44+,45?,46?,47?,48?,49?,50-,51+,52-,53?,54?,55-,56+/m1/s1. The fraction of sp³-hybridized carbons (Fsp3) is 0.857. The van der Waals surface area contributed by atoms with Crippen LogP contribution in [0.4, 0.5) is 0 Å². The quantitative estimate of drug-likeness (QED) is 0.0179. The summed E-state index contributed by atoms with van der Waals surface area (Å²) in [6, 6.07) is 0. The first-order valence-corrected chi connectivity index (χ1v) is 30.8. The number of rotatable bonds is 42. The Labute approximate surface area is 472 Å². The van der Waals surface area contributed by atoms with Crippen molar-refractivity contribution >= 4 is 19.8 Å². The monoisotopic (exact) mass is 1170 g/mol. The number of carbonyl (C=O) groups is 2. The third-order valence-corrected chi connectivity index (χ3v) is 15.4. The highest BCUT2D eigenvalue weighted by atomic mass is 31.2. The lowest BCUT2D eigenvalue weighted by Gasteiger charge is -2.49. The highest BCUT2D eigenvalue weighted by Crippen LogP contribution is 2.49. The van der Waals surface area contributed by atoms with E-state index in [1.165, 1.54) is 51.4 Å². The van der Waals surface area contributed by atoms with Gasteiger partial charge in [0.05, 0.1) is 19.8 Å². The van der Waals surface area contributed by atoms with Gasteiger partial charge in [-0.15, -0.1) is 0 Å². The highest BCUT2D eigenvalue weighted by molar-refractivity contribution is 7.47. The Kier molecular flexibility index (Phi) is 36.7. The van der Waals surface area contributed by atoms with E-state index in [0.29, 0.717) is 19.3 Å². The summed E-state index contributed by atoms with van der Waals surface area (Å²) in [6.45, 7) is 0.939. The molecule has 12 N–H and O–H groups in total. The minimum Gasteiger partial charge on any atom is -0.462 e. The van der Waals surface area contributed by atoms with Crippen LogP contribution >= 0.6 is 7.82 Å². The molecule has 0 spiro atoms. The van der Waals surface area contributed by atoms with Gasteiger partial charge < -0.3 is 89.5 Å². The average molecular weight is 1170 g/mol. The van der Waals surface area contributed by atoms with Crippen LogP contribution in [0.2, 0.25) is 0 Å². The van der Waals surface area contributed by atoms with Crippen molar-refractivity contribution in [3.05, 3.63) is 36.5 Å². The van der Waals surface area contributed by atoms with Gasteiger partial charge in [-0.2, -0.15) is 0 Å². The summed E-state index contributed by atoms with van der Waals surface area (Å²) < 4.78 is 58.1. The van der Waals surface area contributed by atoms with E-state index in [0.717, 1.165) is 77.0 Å². The highest BCUT2D eigenvalue weighted by Gasteiger charge is 2.58. The molecule has 2 saturated heterocycles. The van der Waals surface area contributed by atoms with Gasteiger partial charge in [-0.05, 0) is 70.6 Å². The molecule has 0 radical (unpaired) electrons. The van der Waals surface area contributed by atoms with E-state index in [9.17, 15) is 75.2 Å². The first-order valence-electron chi connectivity index (χ1n) is 29.3. The lowest BCUT2D eigenvalue weighted by atomic mass is 9.84. The van der Waals surface area contributed by atoms with Crippen LogP contribution in [0.3, 0.4) is 0 Å². The molecule has 0 aromatic rings. The van der Waals surface area contributed by atoms with Gasteiger partial charge in [0.1, 0.15) is 92.1 Å². The fourth-order valence-electron chi connectivity index (χ4n) is 9.50. The molecule has 1 aliphatic carbocycles. The minimum atomic E-state index is -5.64. The van der Waals surface area contributed by atoms with Crippen LogP contribution in [-0.4, -0.2) is 204 Å². The number of hydrogen-bond donors (Lipinski definition) is 12. The molecule has 3 fully saturated rings. The van der Waals surface area contributed by atoms with Crippen LogP contribution in [0, 0.1) is 0 Å². The number of aliphatic hydroxyl groups excluding tert-OH is 11. The maximum absolute atomic E-state index is 14.0. The smallest absolute Gasteiger partial charge is 0.462 e. The van der Waals surface area contributed by atoms with Crippen LogP contribution in [0.15, 0.2) is 36.5 Å². The van der Waals surface area contributed by atoms with Crippen molar-refractivity contribution in [2.75, 3.05) is 26.4 Å². The zero-order valence-corrected chi connectivity index (χ0v) is 48.0. The van der Waals surface area contributed by atoms with Crippen molar-refractivity contribution < 1.29 is 113 Å². The second-order valence-electron chi connectivity index (χ2n) is 21.2. The van der Waals surface area contributed by atoms with Crippen molar-refractivity contribution in [2.24, 2.45) is 0 Å². The molecule has 1 saturated carbocycles. The van der Waals surface area contributed by atoms with E-state index in [4.69, 9.17) is 37.5 Å².